The van der Waals surface area contributed by atoms with Crippen molar-refractivity contribution in [2.24, 2.45) is 0 Å². The number of rotatable bonds is 7. The number of amides is 1. The molecule has 0 saturated heterocycles. The molecule has 0 aromatic carbocycles. The highest BCUT2D eigenvalue weighted by Gasteiger charge is 2.15. The summed E-state index contributed by atoms with van der Waals surface area (Å²) in [7, 11) is 0. The van der Waals surface area contributed by atoms with Crippen LogP contribution >= 0.6 is 11.8 Å². The quantitative estimate of drug-likeness (QED) is 0.807. The van der Waals surface area contributed by atoms with E-state index < -0.39 is 0 Å². The molecule has 1 amide bonds. The molecule has 1 atom stereocenters. The van der Waals surface area contributed by atoms with E-state index in [4.69, 9.17) is 0 Å². The molecule has 0 aliphatic rings. The van der Waals surface area contributed by atoms with Gasteiger partial charge in [0.15, 0.2) is 0 Å². The Bertz CT molecular complexity index is 423. The first-order valence-corrected chi connectivity index (χ1v) is 8.02. The van der Waals surface area contributed by atoms with Gasteiger partial charge in [-0.2, -0.15) is 11.8 Å². The summed E-state index contributed by atoms with van der Waals surface area (Å²) in [6.07, 6.45) is 4.63. The number of hydrogen-bond donors (Lipinski definition) is 2. The normalized spacial score (nSPS) is 12.0. The number of aryl methyl sites for hydroxylation is 1. The van der Waals surface area contributed by atoms with Gasteiger partial charge in [0.05, 0.1) is 11.3 Å². The maximum atomic E-state index is 12.3. The first kappa shape index (κ1) is 15.8. The largest absolute Gasteiger partial charge is 0.385 e. The van der Waals surface area contributed by atoms with E-state index in [9.17, 15) is 4.79 Å². The summed E-state index contributed by atoms with van der Waals surface area (Å²) in [6, 6.07) is 2.12. The van der Waals surface area contributed by atoms with Gasteiger partial charge in [0, 0.05) is 30.2 Å². The lowest BCUT2D eigenvalue weighted by atomic mass is 10.1. The summed E-state index contributed by atoms with van der Waals surface area (Å²) in [4.78, 5) is 16.5. The lowest BCUT2D eigenvalue weighted by Gasteiger charge is -2.17. The molecule has 0 bridgehead atoms. The molecule has 2 N–H and O–H groups in total. The molecule has 1 unspecified atom stereocenters. The van der Waals surface area contributed by atoms with Gasteiger partial charge in [0.1, 0.15) is 0 Å². The maximum Gasteiger partial charge on any atom is 0.255 e. The third-order valence-electron chi connectivity index (χ3n) is 2.85. The van der Waals surface area contributed by atoms with Crippen LogP contribution in [0.2, 0.25) is 0 Å². The lowest BCUT2D eigenvalue weighted by molar-refractivity contribution is 0.0940. The van der Waals surface area contributed by atoms with Gasteiger partial charge in [0.2, 0.25) is 0 Å². The minimum absolute atomic E-state index is 0.0515. The smallest absolute Gasteiger partial charge is 0.255 e. The molecule has 1 aromatic rings. The van der Waals surface area contributed by atoms with Crippen LogP contribution in [0.4, 0.5) is 5.69 Å². The van der Waals surface area contributed by atoms with Crippen molar-refractivity contribution < 1.29 is 4.79 Å². The van der Waals surface area contributed by atoms with Crippen LogP contribution in [0.5, 0.6) is 0 Å². The van der Waals surface area contributed by atoms with Crippen LogP contribution in [0.15, 0.2) is 12.3 Å². The Morgan fingerprint density at radius 1 is 1.47 bits per heavy atom. The molecular formula is C14H23N3OS. The fourth-order valence-corrected chi connectivity index (χ4v) is 2.52. The molecule has 0 fully saturated rings. The van der Waals surface area contributed by atoms with Crippen LogP contribution in [0, 0.1) is 6.92 Å². The number of pyridine rings is 1. The van der Waals surface area contributed by atoms with Crippen LogP contribution in [0.3, 0.4) is 0 Å². The summed E-state index contributed by atoms with van der Waals surface area (Å²) in [5.74, 6) is 0.877. The minimum Gasteiger partial charge on any atom is -0.385 e. The SMILES string of the molecule is CCNc1cc(C)ncc1C(=O)NC(CC)CSC. The Balaban J connectivity index is 2.86. The van der Waals surface area contributed by atoms with E-state index in [0.717, 1.165) is 30.1 Å². The summed E-state index contributed by atoms with van der Waals surface area (Å²) < 4.78 is 0. The van der Waals surface area contributed by atoms with Crippen LogP contribution in [0.1, 0.15) is 36.3 Å². The molecule has 1 heterocycles. The van der Waals surface area contributed by atoms with E-state index in [1.54, 1.807) is 18.0 Å². The topological polar surface area (TPSA) is 54.0 Å². The molecule has 5 heteroatoms. The van der Waals surface area contributed by atoms with Gasteiger partial charge >= 0.3 is 0 Å². The fraction of sp³-hybridized carbons (Fsp3) is 0.571. The summed E-state index contributed by atoms with van der Waals surface area (Å²) >= 11 is 1.74. The number of carbonyl (C=O) groups excluding carboxylic acids is 1. The number of aromatic nitrogens is 1. The zero-order valence-electron chi connectivity index (χ0n) is 12.1. The van der Waals surface area contributed by atoms with Crippen molar-refractivity contribution >= 4 is 23.4 Å². The Kier molecular flexibility index (Phi) is 6.70. The van der Waals surface area contributed by atoms with Crippen molar-refractivity contribution in [3.8, 4) is 0 Å². The number of nitrogens with one attached hydrogen (secondary N) is 2. The van der Waals surface area contributed by atoms with Crippen LogP contribution in [0.25, 0.3) is 0 Å². The third kappa shape index (κ3) is 4.74. The van der Waals surface area contributed by atoms with Crippen molar-refractivity contribution in [2.45, 2.75) is 33.2 Å². The maximum absolute atomic E-state index is 12.3. The Labute approximate surface area is 119 Å². The molecule has 0 aliphatic carbocycles. The van der Waals surface area contributed by atoms with Gasteiger partial charge in [-0.3, -0.25) is 9.78 Å². The van der Waals surface area contributed by atoms with E-state index in [1.807, 2.05) is 26.2 Å². The molecule has 4 nitrogen and oxygen atoms in total. The highest BCUT2D eigenvalue weighted by molar-refractivity contribution is 7.98. The van der Waals surface area contributed by atoms with Crippen molar-refractivity contribution in [1.82, 2.24) is 10.3 Å². The molecule has 1 rings (SSSR count). The van der Waals surface area contributed by atoms with Crippen molar-refractivity contribution in [2.75, 3.05) is 23.9 Å². The molecule has 0 radical (unpaired) electrons. The Morgan fingerprint density at radius 2 is 2.21 bits per heavy atom. The third-order valence-corrected chi connectivity index (χ3v) is 3.58. The van der Waals surface area contributed by atoms with E-state index >= 15 is 0 Å². The number of hydrogen-bond acceptors (Lipinski definition) is 4. The number of carbonyl (C=O) groups is 1. The first-order chi connectivity index (χ1) is 9.12. The van der Waals surface area contributed by atoms with Crippen molar-refractivity contribution in [3.63, 3.8) is 0 Å². The fourth-order valence-electron chi connectivity index (χ4n) is 1.80. The van der Waals surface area contributed by atoms with Gasteiger partial charge in [-0.05, 0) is 32.6 Å². The Morgan fingerprint density at radius 3 is 2.79 bits per heavy atom. The monoisotopic (exact) mass is 281 g/mol. The van der Waals surface area contributed by atoms with Crippen LogP contribution in [-0.4, -0.2) is 35.5 Å². The molecule has 0 spiro atoms. The zero-order chi connectivity index (χ0) is 14.3. The predicted molar refractivity (Wildman–Crippen MR) is 83.1 cm³/mol. The van der Waals surface area contributed by atoms with Crippen molar-refractivity contribution in [3.05, 3.63) is 23.5 Å². The van der Waals surface area contributed by atoms with Crippen molar-refractivity contribution in [1.29, 1.82) is 0 Å². The standard InChI is InChI=1S/C14H23N3OS/c1-5-11(9-19-4)17-14(18)12-8-16-10(3)7-13(12)15-6-2/h7-8,11H,5-6,9H2,1-4H3,(H,15,16)(H,17,18). The second kappa shape index (κ2) is 8.04. The highest BCUT2D eigenvalue weighted by atomic mass is 32.2. The number of anilines is 1. The van der Waals surface area contributed by atoms with Gasteiger partial charge in [-0.1, -0.05) is 6.92 Å². The average molecular weight is 281 g/mol. The molecule has 0 aliphatic heterocycles. The van der Waals surface area contributed by atoms with Gasteiger partial charge in [-0.15, -0.1) is 0 Å². The van der Waals surface area contributed by atoms with Crippen LogP contribution in [-0.2, 0) is 0 Å². The average Bonchev–Trinajstić information content (AvgIpc) is 2.38. The minimum atomic E-state index is -0.0515. The molecule has 19 heavy (non-hydrogen) atoms. The molecule has 0 saturated carbocycles. The van der Waals surface area contributed by atoms with Gasteiger partial charge in [-0.25, -0.2) is 0 Å². The lowest BCUT2D eigenvalue weighted by Crippen LogP contribution is -2.36. The van der Waals surface area contributed by atoms with Gasteiger partial charge < -0.3 is 10.6 Å². The summed E-state index contributed by atoms with van der Waals surface area (Å²) in [5.41, 5.74) is 2.38. The summed E-state index contributed by atoms with van der Waals surface area (Å²) in [6.45, 7) is 6.80. The zero-order valence-corrected chi connectivity index (χ0v) is 12.9. The van der Waals surface area contributed by atoms with E-state index in [1.165, 1.54) is 0 Å². The molecule has 1 aromatic heterocycles. The van der Waals surface area contributed by atoms with E-state index in [0.29, 0.717) is 5.56 Å². The number of thioether (sulfide) groups is 1. The van der Waals surface area contributed by atoms with Crippen LogP contribution < -0.4 is 10.6 Å². The number of nitrogens with zero attached hydrogens (tertiary/aromatic N) is 1. The van der Waals surface area contributed by atoms with E-state index in [2.05, 4.69) is 22.5 Å². The van der Waals surface area contributed by atoms with Gasteiger partial charge in [0.25, 0.3) is 5.91 Å². The van der Waals surface area contributed by atoms with E-state index in [-0.39, 0.29) is 11.9 Å². The second-order valence-electron chi connectivity index (χ2n) is 4.44. The first-order valence-electron chi connectivity index (χ1n) is 6.62. The second-order valence-corrected chi connectivity index (χ2v) is 5.35. The Hall–Kier alpha value is -1.23. The highest BCUT2D eigenvalue weighted by Crippen LogP contribution is 2.16. The molecular weight excluding hydrogens is 258 g/mol. The summed E-state index contributed by atoms with van der Waals surface area (Å²) in [5, 5.41) is 6.28. The predicted octanol–water partition coefficient (Wildman–Crippen LogP) is 2.69. The molecule has 106 valence electrons.